The third-order valence-electron chi connectivity index (χ3n) is 2.35. The van der Waals surface area contributed by atoms with Crippen molar-refractivity contribution in [2.24, 2.45) is 5.73 Å². The minimum atomic E-state index is 0.146. The normalized spacial score (nSPS) is 13.1. The van der Waals surface area contributed by atoms with Gasteiger partial charge in [-0.05, 0) is 13.8 Å². The number of rotatable bonds is 6. The summed E-state index contributed by atoms with van der Waals surface area (Å²) in [5, 5.41) is 3.31. The van der Waals surface area contributed by atoms with Gasteiger partial charge in [0.1, 0.15) is 0 Å². The monoisotopic (exact) mass is 208 g/mol. The molecule has 1 aromatic heterocycles. The molecule has 15 heavy (non-hydrogen) atoms. The Morgan fingerprint density at radius 1 is 1.67 bits per heavy atom. The molecule has 0 aliphatic carbocycles. The lowest BCUT2D eigenvalue weighted by Crippen LogP contribution is -2.30. The molecule has 0 bridgehead atoms. The largest absolute Gasteiger partial charge is 0.331 e. The van der Waals surface area contributed by atoms with Crippen molar-refractivity contribution in [2.45, 2.75) is 25.9 Å². The van der Waals surface area contributed by atoms with E-state index in [1.165, 1.54) is 0 Å². The third-order valence-corrected chi connectivity index (χ3v) is 2.35. The molecule has 1 atom stereocenters. The van der Waals surface area contributed by atoms with Gasteiger partial charge in [-0.2, -0.15) is 0 Å². The Morgan fingerprint density at radius 3 is 2.93 bits per heavy atom. The first-order valence-corrected chi connectivity index (χ1v) is 5.26. The van der Waals surface area contributed by atoms with E-state index in [1.54, 1.807) is 0 Å². The quantitative estimate of drug-likeness (QED) is 0.692. The van der Waals surface area contributed by atoms with Crippen LogP contribution >= 0.6 is 0 Å². The number of hydrogen-bond acceptors (Lipinski definition) is 3. The van der Waals surface area contributed by atoms with Crippen molar-refractivity contribution in [3.8, 4) is 0 Å². The molecule has 1 aromatic rings. The van der Waals surface area contributed by atoms with Crippen LogP contribution < -0.4 is 11.1 Å². The SMILES string of the molecule is C=CCNC(CN)c1cncn1C(C)C. The first kappa shape index (κ1) is 11.9. The molecule has 1 heterocycles. The van der Waals surface area contributed by atoms with Gasteiger partial charge < -0.3 is 15.6 Å². The number of imidazole rings is 1. The molecule has 84 valence electrons. The molecule has 1 rings (SSSR count). The number of nitrogens with zero attached hydrogens (tertiary/aromatic N) is 2. The van der Waals surface area contributed by atoms with Crippen LogP contribution in [0.2, 0.25) is 0 Å². The summed E-state index contributed by atoms with van der Waals surface area (Å²) in [6.07, 6.45) is 5.55. The molecule has 4 nitrogen and oxygen atoms in total. The van der Waals surface area contributed by atoms with E-state index in [4.69, 9.17) is 5.73 Å². The molecule has 0 spiro atoms. The Labute approximate surface area is 91.2 Å². The average Bonchev–Trinajstić information content (AvgIpc) is 2.68. The second kappa shape index (κ2) is 5.68. The van der Waals surface area contributed by atoms with Crippen LogP contribution in [0.3, 0.4) is 0 Å². The van der Waals surface area contributed by atoms with Crippen molar-refractivity contribution in [1.29, 1.82) is 0 Å². The van der Waals surface area contributed by atoms with Crippen molar-refractivity contribution in [2.75, 3.05) is 13.1 Å². The zero-order chi connectivity index (χ0) is 11.3. The number of nitrogens with one attached hydrogen (secondary N) is 1. The molecule has 3 N–H and O–H groups in total. The standard InChI is InChI=1S/C11H20N4/c1-4-5-14-10(6-12)11-7-13-8-15(11)9(2)3/h4,7-10,14H,1,5-6,12H2,2-3H3. The molecule has 0 saturated carbocycles. The van der Waals surface area contributed by atoms with Gasteiger partial charge in [-0.3, -0.25) is 0 Å². The molecule has 0 aromatic carbocycles. The van der Waals surface area contributed by atoms with Crippen molar-refractivity contribution < 1.29 is 0 Å². The molecule has 0 fully saturated rings. The van der Waals surface area contributed by atoms with Crippen LogP contribution in [-0.4, -0.2) is 22.6 Å². The zero-order valence-electron chi connectivity index (χ0n) is 9.48. The molecule has 4 heteroatoms. The Bertz CT molecular complexity index is 303. The Morgan fingerprint density at radius 2 is 2.40 bits per heavy atom. The summed E-state index contributed by atoms with van der Waals surface area (Å²) in [6.45, 7) is 9.26. The molecule has 0 saturated heterocycles. The van der Waals surface area contributed by atoms with Gasteiger partial charge >= 0.3 is 0 Å². The fourth-order valence-corrected chi connectivity index (χ4v) is 1.55. The van der Waals surface area contributed by atoms with Gasteiger partial charge in [-0.15, -0.1) is 6.58 Å². The van der Waals surface area contributed by atoms with Crippen molar-refractivity contribution >= 4 is 0 Å². The van der Waals surface area contributed by atoms with Crippen LogP contribution in [0.5, 0.6) is 0 Å². The Balaban J connectivity index is 2.81. The van der Waals surface area contributed by atoms with Gasteiger partial charge in [-0.1, -0.05) is 6.08 Å². The topological polar surface area (TPSA) is 55.9 Å². The lowest BCUT2D eigenvalue weighted by Gasteiger charge is -2.19. The van der Waals surface area contributed by atoms with E-state index < -0.39 is 0 Å². The minimum absolute atomic E-state index is 0.146. The molecule has 0 aliphatic heterocycles. The molecule has 1 unspecified atom stereocenters. The van der Waals surface area contributed by atoms with E-state index in [0.29, 0.717) is 12.6 Å². The zero-order valence-corrected chi connectivity index (χ0v) is 9.48. The molecular formula is C11H20N4. The highest BCUT2D eigenvalue weighted by atomic mass is 15.1. The lowest BCUT2D eigenvalue weighted by molar-refractivity contribution is 0.495. The molecular weight excluding hydrogens is 188 g/mol. The van der Waals surface area contributed by atoms with Gasteiger partial charge in [0.25, 0.3) is 0 Å². The van der Waals surface area contributed by atoms with Crippen LogP contribution in [0.15, 0.2) is 25.2 Å². The summed E-state index contributed by atoms with van der Waals surface area (Å²) < 4.78 is 2.13. The van der Waals surface area contributed by atoms with Gasteiger partial charge in [0.2, 0.25) is 0 Å². The van der Waals surface area contributed by atoms with Crippen molar-refractivity contribution in [3.63, 3.8) is 0 Å². The van der Waals surface area contributed by atoms with Gasteiger partial charge in [0.05, 0.1) is 18.1 Å². The van der Waals surface area contributed by atoms with Crippen LogP contribution in [0.4, 0.5) is 0 Å². The number of aromatic nitrogens is 2. The number of nitrogens with two attached hydrogens (primary N) is 1. The van der Waals surface area contributed by atoms with Crippen LogP contribution in [0.1, 0.15) is 31.6 Å². The second-order valence-corrected chi connectivity index (χ2v) is 3.80. The first-order chi connectivity index (χ1) is 7.20. The van der Waals surface area contributed by atoms with Gasteiger partial charge in [0.15, 0.2) is 0 Å². The van der Waals surface area contributed by atoms with Crippen LogP contribution in [0.25, 0.3) is 0 Å². The summed E-state index contributed by atoms with van der Waals surface area (Å²) in [7, 11) is 0. The summed E-state index contributed by atoms with van der Waals surface area (Å²) >= 11 is 0. The summed E-state index contributed by atoms with van der Waals surface area (Å²) in [4.78, 5) is 4.16. The molecule has 0 radical (unpaired) electrons. The maximum Gasteiger partial charge on any atom is 0.0951 e. The third kappa shape index (κ3) is 2.91. The highest BCUT2D eigenvalue weighted by molar-refractivity contribution is 5.07. The highest BCUT2D eigenvalue weighted by Gasteiger charge is 2.14. The van der Waals surface area contributed by atoms with E-state index >= 15 is 0 Å². The Kier molecular flexibility index (Phi) is 4.52. The fraction of sp³-hybridized carbons (Fsp3) is 0.545. The highest BCUT2D eigenvalue weighted by Crippen LogP contribution is 2.15. The van der Waals surface area contributed by atoms with E-state index in [9.17, 15) is 0 Å². The smallest absolute Gasteiger partial charge is 0.0951 e. The lowest BCUT2D eigenvalue weighted by atomic mass is 10.2. The van der Waals surface area contributed by atoms with E-state index in [0.717, 1.165) is 12.2 Å². The maximum absolute atomic E-state index is 5.74. The predicted molar refractivity (Wildman–Crippen MR) is 62.6 cm³/mol. The Hall–Kier alpha value is -1.13. The fourth-order valence-electron chi connectivity index (χ4n) is 1.55. The minimum Gasteiger partial charge on any atom is -0.331 e. The van der Waals surface area contributed by atoms with E-state index in [1.807, 2.05) is 18.6 Å². The predicted octanol–water partition coefficient (Wildman–Crippen LogP) is 1.24. The van der Waals surface area contributed by atoms with Crippen LogP contribution in [-0.2, 0) is 0 Å². The maximum atomic E-state index is 5.74. The van der Waals surface area contributed by atoms with Crippen molar-refractivity contribution in [1.82, 2.24) is 14.9 Å². The van der Waals surface area contributed by atoms with Crippen molar-refractivity contribution in [3.05, 3.63) is 30.9 Å². The second-order valence-electron chi connectivity index (χ2n) is 3.80. The van der Waals surface area contributed by atoms with Gasteiger partial charge in [-0.25, -0.2) is 4.98 Å². The summed E-state index contributed by atoms with van der Waals surface area (Å²) in [5.74, 6) is 0. The summed E-state index contributed by atoms with van der Waals surface area (Å²) in [6, 6.07) is 0.551. The first-order valence-electron chi connectivity index (χ1n) is 5.26. The number of hydrogen-bond donors (Lipinski definition) is 2. The molecule has 0 aliphatic rings. The van der Waals surface area contributed by atoms with Crippen LogP contribution in [0, 0.1) is 0 Å². The van der Waals surface area contributed by atoms with E-state index in [2.05, 4.69) is 35.3 Å². The summed E-state index contributed by atoms with van der Waals surface area (Å²) in [5.41, 5.74) is 6.87. The van der Waals surface area contributed by atoms with Gasteiger partial charge in [0, 0.05) is 25.3 Å². The van der Waals surface area contributed by atoms with E-state index in [-0.39, 0.29) is 6.04 Å². The molecule has 0 amide bonds. The average molecular weight is 208 g/mol.